The lowest BCUT2D eigenvalue weighted by atomic mass is 10.1. The fourth-order valence-electron chi connectivity index (χ4n) is 1.70. The van der Waals surface area contributed by atoms with Gasteiger partial charge in [-0.3, -0.25) is 0 Å². The number of aliphatic hydroxyl groups excluding tert-OH is 1. The Kier molecular flexibility index (Phi) is 5.87. The van der Waals surface area contributed by atoms with E-state index < -0.39 is 0 Å². The van der Waals surface area contributed by atoms with E-state index >= 15 is 0 Å². The average Bonchev–Trinajstić information content (AvgIpc) is 2.29. The highest BCUT2D eigenvalue weighted by Crippen LogP contribution is 2.09. The number of hydrogen-bond acceptors (Lipinski definition) is 1. The SMILES string of the molecule is C/C(=C\CCc1ccc(C)cc1)CCCO. The Morgan fingerprint density at radius 2 is 1.94 bits per heavy atom. The van der Waals surface area contributed by atoms with Crippen molar-refractivity contribution in [3.05, 3.63) is 47.0 Å². The zero-order valence-electron chi connectivity index (χ0n) is 10.4. The smallest absolute Gasteiger partial charge is 0.0434 e. The molecule has 0 aromatic heterocycles. The molecule has 0 aliphatic rings. The van der Waals surface area contributed by atoms with Crippen LogP contribution in [0.25, 0.3) is 0 Å². The van der Waals surface area contributed by atoms with Crippen LogP contribution >= 0.6 is 0 Å². The summed E-state index contributed by atoms with van der Waals surface area (Å²) in [4.78, 5) is 0. The first-order valence-electron chi connectivity index (χ1n) is 6.04. The topological polar surface area (TPSA) is 20.2 Å². The van der Waals surface area contributed by atoms with E-state index in [1.807, 2.05) is 0 Å². The Balaban J connectivity index is 2.31. The normalized spacial score (nSPS) is 11.8. The van der Waals surface area contributed by atoms with Crippen LogP contribution in [0, 0.1) is 6.92 Å². The molecule has 0 aliphatic carbocycles. The molecule has 1 nitrogen and oxygen atoms in total. The second-order valence-electron chi connectivity index (χ2n) is 4.40. The van der Waals surface area contributed by atoms with Crippen molar-refractivity contribution in [2.24, 2.45) is 0 Å². The predicted molar refractivity (Wildman–Crippen MR) is 69.6 cm³/mol. The van der Waals surface area contributed by atoms with Gasteiger partial charge in [-0.15, -0.1) is 0 Å². The van der Waals surface area contributed by atoms with Gasteiger partial charge in [0.05, 0.1) is 0 Å². The van der Waals surface area contributed by atoms with Crippen molar-refractivity contribution in [1.82, 2.24) is 0 Å². The fraction of sp³-hybridized carbons (Fsp3) is 0.467. The Hall–Kier alpha value is -1.08. The second kappa shape index (κ2) is 7.24. The standard InChI is InChI=1S/C15H22O/c1-13(6-4-12-16)5-3-7-15-10-8-14(2)9-11-15/h5,8-11,16H,3-4,6-7,12H2,1-2H3/b13-5+. The number of hydrogen-bond donors (Lipinski definition) is 1. The molecule has 0 spiro atoms. The molecule has 1 aromatic carbocycles. The van der Waals surface area contributed by atoms with Gasteiger partial charge in [0.15, 0.2) is 0 Å². The van der Waals surface area contributed by atoms with Gasteiger partial charge in [-0.05, 0) is 45.1 Å². The van der Waals surface area contributed by atoms with Crippen LogP contribution in [0.4, 0.5) is 0 Å². The van der Waals surface area contributed by atoms with Crippen LogP contribution in [-0.4, -0.2) is 11.7 Å². The van der Waals surface area contributed by atoms with Crippen molar-refractivity contribution in [3.63, 3.8) is 0 Å². The second-order valence-corrected chi connectivity index (χ2v) is 4.40. The highest BCUT2D eigenvalue weighted by molar-refractivity contribution is 5.21. The average molecular weight is 218 g/mol. The van der Waals surface area contributed by atoms with Gasteiger partial charge in [0.1, 0.15) is 0 Å². The molecular weight excluding hydrogens is 196 g/mol. The van der Waals surface area contributed by atoms with Crippen molar-refractivity contribution < 1.29 is 5.11 Å². The van der Waals surface area contributed by atoms with E-state index in [2.05, 4.69) is 44.2 Å². The first-order valence-corrected chi connectivity index (χ1v) is 6.04. The minimum absolute atomic E-state index is 0.295. The summed E-state index contributed by atoms with van der Waals surface area (Å²) in [6.45, 7) is 4.55. The van der Waals surface area contributed by atoms with Crippen molar-refractivity contribution in [2.75, 3.05) is 6.61 Å². The van der Waals surface area contributed by atoms with Crippen LogP contribution in [0.5, 0.6) is 0 Å². The van der Waals surface area contributed by atoms with Gasteiger partial charge in [-0.1, -0.05) is 41.5 Å². The molecule has 0 atom stereocenters. The van der Waals surface area contributed by atoms with Gasteiger partial charge in [0.25, 0.3) is 0 Å². The van der Waals surface area contributed by atoms with Crippen LogP contribution in [0.3, 0.4) is 0 Å². The molecule has 1 N–H and O–H groups in total. The summed E-state index contributed by atoms with van der Waals surface area (Å²) in [6, 6.07) is 8.73. The Bertz CT molecular complexity index is 322. The summed E-state index contributed by atoms with van der Waals surface area (Å²) in [6.07, 6.45) is 6.39. The number of aryl methyl sites for hydroxylation is 2. The first kappa shape index (κ1) is 13.0. The minimum atomic E-state index is 0.295. The third-order valence-corrected chi connectivity index (χ3v) is 2.78. The molecule has 0 fully saturated rings. The zero-order chi connectivity index (χ0) is 11.8. The Morgan fingerprint density at radius 1 is 1.25 bits per heavy atom. The van der Waals surface area contributed by atoms with E-state index in [4.69, 9.17) is 5.11 Å². The Labute approximate surface area is 98.8 Å². The maximum Gasteiger partial charge on any atom is 0.0434 e. The van der Waals surface area contributed by atoms with Gasteiger partial charge < -0.3 is 5.11 Å². The molecule has 0 amide bonds. The number of aliphatic hydroxyl groups is 1. The van der Waals surface area contributed by atoms with Gasteiger partial charge in [-0.25, -0.2) is 0 Å². The van der Waals surface area contributed by atoms with Crippen LogP contribution in [0.1, 0.15) is 37.3 Å². The van der Waals surface area contributed by atoms with Gasteiger partial charge in [-0.2, -0.15) is 0 Å². The van der Waals surface area contributed by atoms with E-state index in [9.17, 15) is 0 Å². The maximum atomic E-state index is 8.72. The summed E-state index contributed by atoms with van der Waals surface area (Å²) in [5.41, 5.74) is 4.11. The minimum Gasteiger partial charge on any atom is -0.396 e. The van der Waals surface area contributed by atoms with Crippen LogP contribution in [0.2, 0.25) is 0 Å². The molecule has 0 bridgehead atoms. The summed E-state index contributed by atoms with van der Waals surface area (Å²) in [5.74, 6) is 0. The van der Waals surface area contributed by atoms with Crippen LogP contribution < -0.4 is 0 Å². The van der Waals surface area contributed by atoms with E-state index in [1.165, 1.54) is 16.7 Å². The molecule has 0 heterocycles. The van der Waals surface area contributed by atoms with Crippen LogP contribution in [0.15, 0.2) is 35.9 Å². The van der Waals surface area contributed by atoms with Crippen molar-refractivity contribution >= 4 is 0 Å². The lowest BCUT2D eigenvalue weighted by molar-refractivity contribution is 0.288. The quantitative estimate of drug-likeness (QED) is 0.723. The van der Waals surface area contributed by atoms with Crippen molar-refractivity contribution in [1.29, 1.82) is 0 Å². The molecule has 1 aromatic rings. The summed E-state index contributed by atoms with van der Waals surface area (Å²) >= 11 is 0. The van der Waals surface area contributed by atoms with E-state index in [0.717, 1.165) is 25.7 Å². The first-order chi connectivity index (χ1) is 7.72. The summed E-state index contributed by atoms with van der Waals surface area (Å²) in [5, 5.41) is 8.72. The van der Waals surface area contributed by atoms with Crippen molar-refractivity contribution in [3.8, 4) is 0 Å². The third-order valence-electron chi connectivity index (χ3n) is 2.78. The number of allylic oxidation sites excluding steroid dienone is 2. The van der Waals surface area contributed by atoms with E-state index in [-0.39, 0.29) is 0 Å². The molecule has 0 saturated carbocycles. The number of benzene rings is 1. The van der Waals surface area contributed by atoms with Gasteiger partial charge in [0, 0.05) is 6.61 Å². The molecule has 0 radical (unpaired) electrons. The fourth-order valence-corrected chi connectivity index (χ4v) is 1.70. The van der Waals surface area contributed by atoms with E-state index in [0.29, 0.717) is 6.61 Å². The zero-order valence-corrected chi connectivity index (χ0v) is 10.4. The highest BCUT2D eigenvalue weighted by atomic mass is 16.2. The molecule has 16 heavy (non-hydrogen) atoms. The monoisotopic (exact) mass is 218 g/mol. The van der Waals surface area contributed by atoms with E-state index in [1.54, 1.807) is 0 Å². The Morgan fingerprint density at radius 3 is 2.56 bits per heavy atom. The maximum absolute atomic E-state index is 8.72. The molecule has 0 saturated heterocycles. The molecule has 1 heteroatoms. The molecule has 0 unspecified atom stereocenters. The molecule has 88 valence electrons. The number of rotatable bonds is 6. The predicted octanol–water partition coefficient (Wildman–Crippen LogP) is 3.65. The summed E-state index contributed by atoms with van der Waals surface area (Å²) < 4.78 is 0. The van der Waals surface area contributed by atoms with Gasteiger partial charge in [0.2, 0.25) is 0 Å². The third kappa shape index (κ3) is 5.13. The van der Waals surface area contributed by atoms with Crippen LogP contribution in [-0.2, 0) is 6.42 Å². The summed E-state index contributed by atoms with van der Waals surface area (Å²) in [7, 11) is 0. The van der Waals surface area contributed by atoms with Crippen molar-refractivity contribution in [2.45, 2.75) is 39.5 Å². The molecular formula is C15H22O. The molecule has 0 aliphatic heterocycles. The largest absolute Gasteiger partial charge is 0.396 e. The van der Waals surface area contributed by atoms with Gasteiger partial charge >= 0.3 is 0 Å². The lowest BCUT2D eigenvalue weighted by Gasteiger charge is -2.01. The highest BCUT2D eigenvalue weighted by Gasteiger charge is 1.93. The molecule has 1 rings (SSSR count). The lowest BCUT2D eigenvalue weighted by Crippen LogP contribution is -1.87.